The zero-order valence-corrected chi connectivity index (χ0v) is 21.4. The normalized spacial score (nSPS) is 18.8. The van der Waals surface area contributed by atoms with Crippen molar-refractivity contribution in [3.63, 3.8) is 0 Å². The fourth-order valence-corrected chi connectivity index (χ4v) is 4.98. The van der Waals surface area contributed by atoms with E-state index in [1.54, 1.807) is 29.6 Å². The van der Waals surface area contributed by atoms with Gasteiger partial charge in [-0.1, -0.05) is 41.9 Å². The Morgan fingerprint density at radius 2 is 1.92 bits per heavy atom. The molecule has 1 aromatic heterocycles. The third-order valence-electron chi connectivity index (χ3n) is 6.87. The number of nitrogens with one attached hydrogen (secondary N) is 2. The number of imidazole rings is 1. The number of carbonyl (C=O) groups is 3. The van der Waals surface area contributed by atoms with E-state index in [-0.39, 0.29) is 48.9 Å². The average Bonchev–Trinajstić information content (AvgIpc) is 3.64. The lowest BCUT2D eigenvalue weighted by molar-refractivity contribution is -0.133. The summed E-state index contributed by atoms with van der Waals surface area (Å²) in [7, 11) is 1.58. The fraction of sp³-hybridized carbons (Fsp3) is 0.333. The van der Waals surface area contributed by atoms with Gasteiger partial charge in [0.05, 0.1) is 20.0 Å². The molecule has 3 amide bonds. The van der Waals surface area contributed by atoms with Crippen LogP contribution in [-0.4, -0.2) is 50.9 Å². The molecule has 2 N–H and O–H groups in total. The minimum Gasteiger partial charge on any atom is -0.497 e. The molecule has 192 valence electrons. The van der Waals surface area contributed by atoms with Crippen LogP contribution in [0.2, 0.25) is 5.02 Å². The van der Waals surface area contributed by atoms with E-state index in [2.05, 4.69) is 15.6 Å². The summed E-state index contributed by atoms with van der Waals surface area (Å²) < 4.78 is 6.84. The molecular weight excluding hydrogens is 494 g/mol. The number of hydrogen-bond acceptors (Lipinski definition) is 5. The summed E-state index contributed by atoms with van der Waals surface area (Å²) in [4.78, 5) is 46.2. The lowest BCUT2D eigenvalue weighted by atomic mass is 9.93. The SMILES string of the molecule is COc1cccc(CNC(=O)c2ncn3c2C(=O)N(C2CC2)C(C)(C(=O)NCc2ccccc2Cl)C3)c1. The number of amides is 3. The average molecular weight is 522 g/mol. The predicted molar refractivity (Wildman–Crippen MR) is 137 cm³/mol. The van der Waals surface area contributed by atoms with Gasteiger partial charge in [0, 0.05) is 24.2 Å². The molecule has 1 unspecified atom stereocenters. The highest BCUT2D eigenvalue weighted by Gasteiger charge is 2.53. The number of ether oxygens (including phenoxy) is 1. The number of nitrogens with zero attached hydrogens (tertiary/aromatic N) is 3. The molecule has 2 heterocycles. The minimum atomic E-state index is -1.14. The van der Waals surface area contributed by atoms with Crippen LogP contribution < -0.4 is 15.4 Å². The summed E-state index contributed by atoms with van der Waals surface area (Å²) in [5.74, 6) is -0.412. The Kier molecular flexibility index (Phi) is 6.64. The van der Waals surface area contributed by atoms with Crippen molar-refractivity contribution in [2.75, 3.05) is 7.11 Å². The zero-order valence-electron chi connectivity index (χ0n) is 20.7. The molecule has 1 aliphatic carbocycles. The van der Waals surface area contributed by atoms with E-state index in [0.717, 1.165) is 24.0 Å². The topological polar surface area (TPSA) is 106 Å². The van der Waals surface area contributed by atoms with Gasteiger partial charge in [-0.25, -0.2) is 4.98 Å². The Bertz CT molecular complexity index is 1370. The summed E-state index contributed by atoms with van der Waals surface area (Å²) in [5, 5.41) is 6.35. The molecule has 37 heavy (non-hydrogen) atoms. The van der Waals surface area contributed by atoms with Crippen LogP contribution in [0.25, 0.3) is 0 Å². The van der Waals surface area contributed by atoms with Crippen LogP contribution in [0.5, 0.6) is 5.75 Å². The van der Waals surface area contributed by atoms with Crippen LogP contribution in [0.4, 0.5) is 0 Å². The minimum absolute atomic E-state index is 0.0528. The number of benzene rings is 2. The number of rotatable bonds is 8. The van der Waals surface area contributed by atoms with Gasteiger partial charge in [-0.2, -0.15) is 0 Å². The van der Waals surface area contributed by atoms with Crippen LogP contribution in [-0.2, 0) is 24.4 Å². The third kappa shape index (κ3) is 4.79. The lowest BCUT2D eigenvalue weighted by Crippen LogP contribution is -2.64. The molecule has 1 atom stereocenters. The van der Waals surface area contributed by atoms with Crippen molar-refractivity contribution in [3.8, 4) is 5.75 Å². The van der Waals surface area contributed by atoms with E-state index in [4.69, 9.17) is 16.3 Å². The van der Waals surface area contributed by atoms with E-state index in [9.17, 15) is 14.4 Å². The van der Waals surface area contributed by atoms with E-state index >= 15 is 0 Å². The molecule has 2 aromatic carbocycles. The van der Waals surface area contributed by atoms with Crippen molar-refractivity contribution in [1.29, 1.82) is 0 Å². The van der Waals surface area contributed by atoms with Crippen LogP contribution in [0.1, 0.15) is 51.9 Å². The molecule has 3 aromatic rings. The maximum atomic E-state index is 13.8. The zero-order chi connectivity index (χ0) is 26.2. The molecule has 10 heteroatoms. The number of fused-ring (bicyclic) bond motifs is 1. The van der Waals surface area contributed by atoms with Gasteiger partial charge < -0.3 is 24.8 Å². The van der Waals surface area contributed by atoms with Crippen LogP contribution >= 0.6 is 11.6 Å². The van der Waals surface area contributed by atoms with Crippen LogP contribution in [0, 0.1) is 0 Å². The summed E-state index contributed by atoms with van der Waals surface area (Å²) in [5.41, 5.74) is 0.763. The van der Waals surface area contributed by atoms with Crippen molar-refractivity contribution in [2.45, 2.75) is 51.0 Å². The molecule has 0 radical (unpaired) electrons. The number of carbonyl (C=O) groups excluding carboxylic acids is 3. The van der Waals surface area contributed by atoms with Gasteiger partial charge in [-0.15, -0.1) is 0 Å². The fourth-order valence-electron chi connectivity index (χ4n) is 4.78. The van der Waals surface area contributed by atoms with Gasteiger partial charge in [0.25, 0.3) is 11.8 Å². The number of halogens is 1. The third-order valence-corrected chi connectivity index (χ3v) is 7.24. The second-order valence-corrected chi connectivity index (χ2v) is 9.97. The molecule has 0 spiro atoms. The summed E-state index contributed by atoms with van der Waals surface area (Å²) >= 11 is 6.25. The number of aromatic nitrogens is 2. The molecule has 1 aliphatic heterocycles. The first kappa shape index (κ1) is 24.8. The van der Waals surface area contributed by atoms with Crippen molar-refractivity contribution in [2.24, 2.45) is 0 Å². The van der Waals surface area contributed by atoms with E-state index in [1.165, 1.54) is 6.33 Å². The largest absolute Gasteiger partial charge is 0.497 e. The Morgan fingerprint density at radius 1 is 1.14 bits per heavy atom. The van der Waals surface area contributed by atoms with Crippen molar-refractivity contribution < 1.29 is 19.1 Å². The van der Waals surface area contributed by atoms with Gasteiger partial charge in [-0.3, -0.25) is 14.4 Å². The molecular formula is C27H28ClN5O4. The Labute approximate surface area is 219 Å². The standard InChI is InChI=1S/C27H28ClN5O4/c1-27(26(36)30-14-18-7-3-4-9-21(18)28)15-32-16-31-22(23(32)25(35)33(27)19-10-11-19)24(34)29-13-17-6-5-8-20(12-17)37-2/h3-9,12,16,19H,10-11,13-15H2,1-2H3,(H,29,34)(H,30,36). The maximum Gasteiger partial charge on any atom is 0.274 e. The quantitative estimate of drug-likeness (QED) is 0.473. The Balaban J connectivity index is 1.36. The highest BCUT2D eigenvalue weighted by atomic mass is 35.5. The smallest absolute Gasteiger partial charge is 0.274 e. The van der Waals surface area contributed by atoms with Gasteiger partial charge in [-0.05, 0) is 49.1 Å². The first-order valence-electron chi connectivity index (χ1n) is 12.1. The number of hydrogen-bond donors (Lipinski definition) is 2. The molecule has 2 aliphatic rings. The maximum absolute atomic E-state index is 13.8. The van der Waals surface area contributed by atoms with Gasteiger partial charge in [0.15, 0.2) is 5.69 Å². The van der Waals surface area contributed by atoms with Crippen molar-refractivity contribution in [3.05, 3.63) is 82.4 Å². The highest BCUT2D eigenvalue weighted by Crippen LogP contribution is 2.39. The molecule has 0 saturated heterocycles. The van der Waals surface area contributed by atoms with Crippen molar-refractivity contribution in [1.82, 2.24) is 25.1 Å². The molecule has 0 bridgehead atoms. The summed E-state index contributed by atoms with van der Waals surface area (Å²) in [6.07, 6.45) is 3.08. The van der Waals surface area contributed by atoms with Crippen molar-refractivity contribution >= 4 is 29.3 Å². The predicted octanol–water partition coefficient (Wildman–Crippen LogP) is 3.17. The first-order chi connectivity index (χ1) is 17.8. The molecule has 5 rings (SSSR count). The molecule has 1 saturated carbocycles. The first-order valence-corrected chi connectivity index (χ1v) is 12.5. The van der Waals surface area contributed by atoms with E-state index in [0.29, 0.717) is 10.8 Å². The van der Waals surface area contributed by atoms with Gasteiger partial charge in [0.1, 0.15) is 17.0 Å². The second kappa shape index (κ2) is 9.89. The van der Waals surface area contributed by atoms with Gasteiger partial charge in [0.2, 0.25) is 5.91 Å². The lowest BCUT2D eigenvalue weighted by Gasteiger charge is -2.44. The Morgan fingerprint density at radius 3 is 2.65 bits per heavy atom. The second-order valence-electron chi connectivity index (χ2n) is 9.56. The Hall–Kier alpha value is -3.85. The van der Waals surface area contributed by atoms with Crippen LogP contribution in [0.3, 0.4) is 0 Å². The molecule has 1 fully saturated rings. The summed E-state index contributed by atoms with van der Waals surface area (Å²) in [6, 6.07) is 14.6. The highest BCUT2D eigenvalue weighted by molar-refractivity contribution is 6.31. The van der Waals surface area contributed by atoms with Crippen LogP contribution in [0.15, 0.2) is 54.9 Å². The summed E-state index contributed by atoms with van der Waals surface area (Å²) in [6.45, 7) is 2.45. The molecule has 9 nitrogen and oxygen atoms in total. The van der Waals surface area contributed by atoms with E-state index < -0.39 is 11.4 Å². The number of methoxy groups -OCH3 is 1. The van der Waals surface area contributed by atoms with Gasteiger partial charge >= 0.3 is 0 Å². The monoisotopic (exact) mass is 521 g/mol. The van der Waals surface area contributed by atoms with E-state index in [1.807, 2.05) is 42.5 Å².